The normalized spacial score (nSPS) is 15.5. The predicted molar refractivity (Wildman–Crippen MR) is 62.1 cm³/mol. The Morgan fingerprint density at radius 3 is 2.21 bits per heavy atom. The quantitative estimate of drug-likeness (QED) is 0.776. The Kier molecular flexibility index (Phi) is 3.70. The highest BCUT2D eigenvalue weighted by Crippen LogP contribution is 2.31. The van der Waals surface area contributed by atoms with Crippen molar-refractivity contribution in [2.45, 2.75) is 39.2 Å². The first-order chi connectivity index (χ1) is 6.61. The highest BCUT2D eigenvalue weighted by Gasteiger charge is 2.29. The Labute approximate surface area is 87.3 Å². The van der Waals surface area contributed by atoms with E-state index >= 15 is 0 Å². The third-order valence-electron chi connectivity index (χ3n) is 3.01. The maximum absolute atomic E-state index is 6.47. The lowest BCUT2D eigenvalue weighted by atomic mass is 9.77. The van der Waals surface area contributed by atoms with Crippen LogP contribution in [0.2, 0.25) is 0 Å². The summed E-state index contributed by atoms with van der Waals surface area (Å²) >= 11 is 0. The molecule has 0 saturated heterocycles. The zero-order chi connectivity index (χ0) is 10.6. The van der Waals surface area contributed by atoms with Gasteiger partial charge in [-0.3, -0.25) is 0 Å². The Morgan fingerprint density at radius 2 is 1.79 bits per heavy atom. The molecule has 1 rings (SSSR count). The van der Waals surface area contributed by atoms with Crippen molar-refractivity contribution in [1.29, 1.82) is 0 Å². The molecule has 0 spiro atoms. The van der Waals surface area contributed by atoms with Gasteiger partial charge in [-0.15, -0.1) is 0 Å². The van der Waals surface area contributed by atoms with E-state index in [4.69, 9.17) is 5.73 Å². The first kappa shape index (κ1) is 11.3. The van der Waals surface area contributed by atoms with Crippen molar-refractivity contribution in [3.05, 3.63) is 35.9 Å². The van der Waals surface area contributed by atoms with Crippen LogP contribution in [-0.4, -0.2) is 0 Å². The van der Waals surface area contributed by atoms with Gasteiger partial charge < -0.3 is 5.73 Å². The van der Waals surface area contributed by atoms with Crippen LogP contribution in [0.1, 0.15) is 39.2 Å². The lowest BCUT2D eigenvalue weighted by Gasteiger charge is -2.34. The molecule has 1 unspecified atom stereocenters. The molecule has 1 heteroatoms. The molecule has 0 fully saturated rings. The van der Waals surface area contributed by atoms with Crippen LogP contribution in [-0.2, 0) is 5.54 Å². The molecule has 0 amide bonds. The summed E-state index contributed by atoms with van der Waals surface area (Å²) in [7, 11) is 0. The Hall–Kier alpha value is -0.820. The monoisotopic (exact) mass is 191 g/mol. The summed E-state index contributed by atoms with van der Waals surface area (Å²) in [5.74, 6) is 0.477. The fraction of sp³-hybridized carbons (Fsp3) is 0.538. The van der Waals surface area contributed by atoms with E-state index < -0.39 is 0 Å². The van der Waals surface area contributed by atoms with E-state index in [1.807, 2.05) is 6.07 Å². The molecule has 78 valence electrons. The van der Waals surface area contributed by atoms with Gasteiger partial charge in [-0.05, 0) is 17.9 Å². The van der Waals surface area contributed by atoms with E-state index in [0.717, 1.165) is 12.8 Å². The first-order valence-corrected chi connectivity index (χ1v) is 5.45. The molecule has 0 bridgehead atoms. The summed E-state index contributed by atoms with van der Waals surface area (Å²) in [5.41, 5.74) is 7.58. The second-order valence-electron chi connectivity index (χ2n) is 4.31. The second kappa shape index (κ2) is 4.61. The lowest BCUT2D eigenvalue weighted by Crippen LogP contribution is -2.41. The highest BCUT2D eigenvalue weighted by molar-refractivity contribution is 5.24. The number of nitrogens with two attached hydrogens (primary N) is 1. The van der Waals surface area contributed by atoms with Crippen LogP contribution < -0.4 is 5.73 Å². The van der Waals surface area contributed by atoms with Gasteiger partial charge in [0.15, 0.2) is 0 Å². The molecule has 0 aliphatic rings. The third kappa shape index (κ3) is 2.16. The average molecular weight is 191 g/mol. The lowest BCUT2D eigenvalue weighted by molar-refractivity contribution is 0.291. The molecular weight excluding hydrogens is 170 g/mol. The van der Waals surface area contributed by atoms with Crippen molar-refractivity contribution in [3.8, 4) is 0 Å². The minimum atomic E-state index is -0.157. The van der Waals surface area contributed by atoms with Crippen molar-refractivity contribution in [2.24, 2.45) is 11.7 Å². The van der Waals surface area contributed by atoms with Gasteiger partial charge in [-0.1, -0.05) is 57.5 Å². The van der Waals surface area contributed by atoms with E-state index in [2.05, 4.69) is 45.0 Å². The summed E-state index contributed by atoms with van der Waals surface area (Å²) in [6, 6.07) is 10.4. The SMILES string of the molecule is CCCC(N)(c1ccccc1)C(C)C. The molecule has 14 heavy (non-hydrogen) atoms. The van der Waals surface area contributed by atoms with Gasteiger partial charge in [0, 0.05) is 5.54 Å². The maximum atomic E-state index is 6.47. The van der Waals surface area contributed by atoms with Gasteiger partial charge in [0.25, 0.3) is 0 Å². The molecule has 1 atom stereocenters. The van der Waals surface area contributed by atoms with Gasteiger partial charge in [0.05, 0.1) is 0 Å². The summed E-state index contributed by atoms with van der Waals surface area (Å²) < 4.78 is 0. The van der Waals surface area contributed by atoms with E-state index in [9.17, 15) is 0 Å². The molecule has 0 heterocycles. The largest absolute Gasteiger partial charge is 0.321 e. The summed E-state index contributed by atoms with van der Waals surface area (Å²) in [6.45, 7) is 6.58. The van der Waals surface area contributed by atoms with Crippen LogP contribution in [0.25, 0.3) is 0 Å². The van der Waals surface area contributed by atoms with Crippen molar-refractivity contribution >= 4 is 0 Å². The van der Waals surface area contributed by atoms with Gasteiger partial charge in [0.2, 0.25) is 0 Å². The molecule has 0 radical (unpaired) electrons. The molecule has 0 aliphatic carbocycles. The molecule has 2 N–H and O–H groups in total. The van der Waals surface area contributed by atoms with E-state index in [0.29, 0.717) is 5.92 Å². The smallest absolute Gasteiger partial charge is 0.0432 e. The fourth-order valence-electron chi connectivity index (χ4n) is 1.93. The minimum absolute atomic E-state index is 0.157. The molecule has 1 nitrogen and oxygen atoms in total. The van der Waals surface area contributed by atoms with Gasteiger partial charge in [-0.2, -0.15) is 0 Å². The molecule has 1 aromatic carbocycles. The van der Waals surface area contributed by atoms with Gasteiger partial charge >= 0.3 is 0 Å². The zero-order valence-corrected chi connectivity index (χ0v) is 9.46. The minimum Gasteiger partial charge on any atom is -0.321 e. The van der Waals surface area contributed by atoms with Crippen LogP contribution >= 0.6 is 0 Å². The average Bonchev–Trinajstić information content (AvgIpc) is 2.19. The maximum Gasteiger partial charge on any atom is 0.0432 e. The predicted octanol–water partition coefficient (Wildman–Crippen LogP) is 3.30. The molecule has 0 aliphatic heterocycles. The van der Waals surface area contributed by atoms with Crippen LogP contribution in [0.3, 0.4) is 0 Å². The number of rotatable bonds is 4. The van der Waals surface area contributed by atoms with Crippen LogP contribution in [0.15, 0.2) is 30.3 Å². The molecule has 0 saturated carbocycles. The standard InChI is InChI=1S/C13H21N/c1-4-10-13(14,11(2)3)12-8-6-5-7-9-12/h5-9,11H,4,10,14H2,1-3H3. The Morgan fingerprint density at radius 1 is 1.21 bits per heavy atom. The summed E-state index contributed by atoms with van der Waals surface area (Å²) in [5, 5.41) is 0. The Balaban J connectivity index is 2.99. The highest BCUT2D eigenvalue weighted by atomic mass is 14.8. The number of hydrogen-bond acceptors (Lipinski definition) is 1. The van der Waals surface area contributed by atoms with Crippen LogP contribution in [0, 0.1) is 5.92 Å². The van der Waals surface area contributed by atoms with Crippen molar-refractivity contribution in [3.63, 3.8) is 0 Å². The Bertz CT molecular complexity index is 266. The topological polar surface area (TPSA) is 26.0 Å². The van der Waals surface area contributed by atoms with Crippen LogP contribution in [0.5, 0.6) is 0 Å². The summed E-state index contributed by atoms with van der Waals surface area (Å²) in [4.78, 5) is 0. The van der Waals surface area contributed by atoms with E-state index in [-0.39, 0.29) is 5.54 Å². The second-order valence-corrected chi connectivity index (χ2v) is 4.31. The van der Waals surface area contributed by atoms with Crippen molar-refractivity contribution in [1.82, 2.24) is 0 Å². The third-order valence-corrected chi connectivity index (χ3v) is 3.01. The first-order valence-electron chi connectivity index (χ1n) is 5.45. The number of benzene rings is 1. The fourth-order valence-corrected chi connectivity index (χ4v) is 1.93. The zero-order valence-electron chi connectivity index (χ0n) is 9.46. The van der Waals surface area contributed by atoms with Gasteiger partial charge in [-0.25, -0.2) is 0 Å². The van der Waals surface area contributed by atoms with E-state index in [1.54, 1.807) is 0 Å². The van der Waals surface area contributed by atoms with Gasteiger partial charge in [0.1, 0.15) is 0 Å². The molecular formula is C13H21N. The summed E-state index contributed by atoms with van der Waals surface area (Å²) in [6.07, 6.45) is 2.18. The molecule has 0 aromatic heterocycles. The van der Waals surface area contributed by atoms with Crippen molar-refractivity contribution in [2.75, 3.05) is 0 Å². The van der Waals surface area contributed by atoms with Crippen molar-refractivity contribution < 1.29 is 0 Å². The number of hydrogen-bond donors (Lipinski definition) is 1. The van der Waals surface area contributed by atoms with E-state index in [1.165, 1.54) is 5.56 Å². The molecule has 1 aromatic rings. The van der Waals surface area contributed by atoms with Crippen LogP contribution in [0.4, 0.5) is 0 Å².